The zero-order valence-electron chi connectivity index (χ0n) is 19.0. The number of amides is 2. The van der Waals surface area contributed by atoms with Crippen LogP contribution in [-0.4, -0.2) is 40.0 Å². The van der Waals surface area contributed by atoms with E-state index < -0.39 is 5.25 Å². The van der Waals surface area contributed by atoms with E-state index in [1.807, 2.05) is 31.4 Å². The number of thioether (sulfide) groups is 1. The minimum atomic E-state index is -0.488. The molecular formula is C24H26N4O3S2. The Labute approximate surface area is 201 Å². The van der Waals surface area contributed by atoms with Gasteiger partial charge in [0, 0.05) is 18.0 Å². The van der Waals surface area contributed by atoms with Crippen LogP contribution in [0.4, 0.5) is 0 Å². The maximum atomic E-state index is 13.3. The van der Waals surface area contributed by atoms with Gasteiger partial charge in [-0.25, -0.2) is 4.98 Å². The minimum absolute atomic E-state index is 0.153. The van der Waals surface area contributed by atoms with Gasteiger partial charge in [0.25, 0.3) is 5.91 Å². The van der Waals surface area contributed by atoms with Crippen LogP contribution in [0.5, 0.6) is 0 Å². The summed E-state index contributed by atoms with van der Waals surface area (Å²) in [6, 6.07) is 9.54. The van der Waals surface area contributed by atoms with Gasteiger partial charge in [0.15, 0.2) is 0 Å². The van der Waals surface area contributed by atoms with Crippen molar-refractivity contribution in [3.8, 4) is 17.4 Å². The number of nitriles is 1. The molecular weight excluding hydrogens is 456 g/mol. The van der Waals surface area contributed by atoms with Gasteiger partial charge in [-0.2, -0.15) is 5.26 Å². The van der Waals surface area contributed by atoms with Crippen molar-refractivity contribution in [3.63, 3.8) is 0 Å². The molecule has 0 spiro atoms. The van der Waals surface area contributed by atoms with Crippen LogP contribution in [0.25, 0.3) is 11.3 Å². The molecule has 1 N–H and O–H groups in total. The normalized spacial score (nSPS) is 11.6. The predicted octanol–water partition coefficient (Wildman–Crippen LogP) is 4.86. The van der Waals surface area contributed by atoms with Crippen LogP contribution in [0.2, 0.25) is 0 Å². The van der Waals surface area contributed by atoms with Crippen molar-refractivity contribution >= 4 is 34.9 Å². The molecule has 0 saturated heterocycles. The fourth-order valence-electron chi connectivity index (χ4n) is 3.42. The summed E-state index contributed by atoms with van der Waals surface area (Å²) in [6.45, 7) is 8.85. The van der Waals surface area contributed by atoms with Crippen LogP contribution >= 0.6 is 23.1 Å². The van der Waals surface area contributed by atoms with Gasteiger partial charge < -0.3 is 14.6 Å². The van der Waals surface area contributed by atoms with Gasteiger partial charge in [0.05, 0.1) is 40.4 Å². The summed E-state index contributed by atoms with van der Waals surface area (Å²) in [5.41, 5.74) is 1.49. The van der Waals surface area contributed by atoms with E-state index in [0.29, 0.717) is 47.2 Å². The van der Waals surface area contributed by atoms with E-state index in [9.17, 15) is 14.9 Å². The number of thiophene rings is 1. The Kier molecular flexibility index (Phi) is 8.31. The maximum Gasteiger partial charge on any atom is 0.256 e. The van der Waals surface area contributed by atoms with Crippen LogP contribution in [0.15, 0.2) is 45.4 Å². The largest absolute Gasteiger partial charge is 0.464 e. The molecule has 0 aromatic carbocycles. The highest BCUT2D eigenvalue weighted by molar-refractivity contribution is 8.00. The van der Waals surface area contributed by atoms with Crippen molar-refractivity contribution in [3.05, 3.63) is 57.6 Å². The van der Waals surface area contributed by atoms with Gasteiger partial charge in [-0.3, -0.25) is 9.59 Å². The SMILES string of the molecule is CCN(CC)C(=O)c1c(C)nc(S[C@@H](C)C(=O)NCc2cccs2)c(C#N)c1-c1ccco1. The van der Waals surface area contributed by atoms with Gasteiger partial charge in [-0.15, -0.1) is 11.3 Å². The topological polar surface area (TPSA) is 99.2 Å². The Morgan fingerprint density at radius 1 is 1.30 bits per heavy atom. The highest BCUT2D eigenvalue weighted by Gasteiger charge is 2.29. The van der Waals surface area contributed by atoms with Crippen LogP contribution in [0, 0.1) is 18.3 Å². The van der Waals surface area contributed by atoms with Crippen molar-refractivity contribution in [2.24, 2.45) is 0 Å². The van der Waals surface area contributed by atoms with Crippen LogP contribution in [-0.2, 0) is 11.3 Å². The number of nitrogens with zero attached hydrogens (tertiary/aromatic N) is 3. The Morgan fingerprint density at radius 3 is 2.64 bits per heavy atom. The molecule has 9 heteroatoms. The van der Waals surface area contributed by atoms with Gasteiger partial charge in [-0.05, 0) is 51.3 Å². The summed E-state index contributed by atoms with van der Waals surface area (Å²) >= 11 is 2.77. The lowest BCUT2D eigenvalue weighted by atomic mass is 9.98. The fourth-order valence-corrected chi connectivity index (χ4v) is 5.04. The number of aromatic nitrogens is 1. The fraction of sp³-hybridized carbons (Fsp3) is 0.333. The number of furan rings is 1. The quantitative estimate of drug-likeness (QED) is 0.437. The Balaban J connectivity index is 1.98. The minimum Gasteiger partial charge on any atom is -0.464 e. The first-order chi connectivity index (χ1) is 15.9. The molecule has 3 rings (SSSR count). The van der Waals surface area contributed by atoms with Crippen molar-refractivity contribution < 1.29 is 14.0 Å². The van der Waals surface area contributed by atoms with E-state index in [1.165, 1.54) is 18.0 Å². The molecule has 0 fully saturated rings. The lowest BCUT2D eigenvalue weighted by Crippen LogP contribution is -2.32. The molecule has 2 amide bonds. The summed E-state index contributed by atoms with van der Waals surface area (Å²) < 4.78 is 5.61. The molecule has 3 aromatic heterocycles. The Morgan fingerprint density at radius 2 is 2.06 bits per heavy atom. The van der Waals surface area contributed by atoms with E-state index in [0.717, 1.165) is 4.88 Å². The number of pyridine rings is 1. The molecule has 1 atom stereocenters. The average Bonchev–Trinajstić information content (AvgIpc) is 3.52. The third-order valence-electron chi connectivity index (χ3n) is 5.16. The summed E-state index contributed by atoms with van der Waals surface area (Å²) in [6.07, 6.45) is 1.51. The number of rotatable bonds is 9. The van der Waals surface area contributed by atoms with Crippen molar-refractivity contribution in [1.82, 2.24) is 15.2 Å². The molecule has 0 unspecified atom stereocenters. The van der Waals surface area contributed by atoms with E-state index in [2.05, 4.69) is 16.4 Å². The van der Waals surface area contributed by atoms with Gasteiger partial charge >= 0.3 is 0 Å². The molecule has 0 saturated carbocycles. The van der Waals surface area contributed by atoms with Gasteiger partial charge in [0.2, 0.25) is 5.91 Å². The summed E-state index contributed by atoms with van der Waals surface area (Å²) in [5.74, 6) is 0.0648. The molecule has 172 valence electrons. The molecule has 0 aliphatic heterocycles. The lowest BCUT2D eigenvalue weighted by Gasteiger charge is -2.22. The third kappa shape index (κ3) is 5.46. The van der Waals surface area contributed by atoms with Crippen LogP contribution in [0.3, 0.4) is 0 Å². The first-order valence-corrected chi connectivity index (χ1v) is 12.4. The molecule has 7 nitrogen and oxygen atoms in total. The van der Waals surface area contributed by atoms with E-state index in [1.54, 1.807) is 42.2 Å². The average molecular weight is 483 g/mol. The third-order valence-corrected chi connectivity index (χ3v) is 7.13. The Bertz CT molecular complexity index is 1150. The zero-order valence-corrected chi connectivity index (χ0v) is 20.7. The number of hydrogen-bond acceptors (Lipinski definition) is 7. The zero-order chi connectivity index (χ0) is 24.0. The summed E-state index contributed by atoms with van der Waals surface area (Å²) in [5, 5.41) is 14.9. The second-order valence-electron chi connectivity index (χ2n) is 7.25. The Hall–Kier alpha value is -3.09. The number of aryl methyl sites for hydroxylation is 1. The van der Waals surface area contributed by atoms with Gasteiger partial charge in [-0.1, -0.05) is 17.8 Å². The summed E-state index contributed by atoms with van der Waals surface area (Å²) in [7, 11) is 0. The number of carbonyl (C=O) groups is 2. The molecule has 33 heavy (non-hydrogen) atoms. The number of carbonyl (C=O) groups excluding carboxylic acids is 2. The van der Waals surface area contributed by atoms with Gasteiger partial charge in [0.1, 0.15) is 16.9 Å². The molecule has 0 aliphatic carbocycles. The van der Waals surface area contributed by atoms with Crippen molar-refractivity contribution in [2.75, 3.05) is 13.1 Å². The highest BCUT2D eigenvalue weighted by atomic mass is 32.2. The number of nitrogens with one attached hydrogen (secondary N) is 1. The number of hydrogen-bond donors (Lipinski definition) is 1. The van der Waals surface area contributed by atoms with E-state index in [4.69, 9.17) is 4.42 Å². The first kappa shape index (κ1) is 24.6. The molecule has 0 aliphatic rings. The van der Waals surface area contributed by atoms with Crippen LogP contribution in [0.1, 0.15) is 47.3 Å². The molecule has 3 aromatic rings. The lowest BCUT2D eigenvalue weighted by molar-refractivity contribution is -0.120. The molecule has 3 heterocycles. The van der Waals surface area contributed by atoms with E-state index in [-0.39, 0.29) is 17.4 Å². The first-order valence-electron chi connectivity index (χ1n) is 10.7. The smallest absolute Gasteiger partial charge is 0.256 e. The summed E-state index contributed by atoms with van der Waals surface area (Å²) in [4.78, 5) is 33.3. The molecule has 0 bridgehead atoms. The van der Waals surface area contributed by atoms with Crippen LogP contribution < -0.4 is 5.32 Å². The van der Waals surface area contributed by atoms with Crippen molar-refractivity contribution in [1.29, 1.82) is 5.26 Å². The standard InChI is InChI=1S/C24H26N4O3S2/c1-5-28(6-2)24(30)20-15(3)27-23(18(13-25)21(20)19-10-7-11-31-19)33-16(4)22(29)26-14-17-9-8-12-32-17/h7-12,16H,5-6,14H2,1-4H3,(H,26,29)/t16-/m0/s1. The monoisotopic (exact) mass is 482 g/mol. The second kappa shape index (κ2) is 11.2. The predicted molar refractivity (Wildman–Crippen MR) is 130 cm³/mol. The second-order valence-corrected chi connectivity index (χ2v) is 9.61. The highest BCUT2D eigenvalue weighted by Crippen LogP contribution is 2.37. The molecule has 0 radical (unpaired) electrons. The van der Waals surface area contributed by atoms with Crippen molar-refractivity contribution in [2.45, 2.75) is 44.5 Å². The van der Waals surface area contributed by atoms with E-state index >= 15 is 0 Å². The maximum absolute atomic E-state index is 13.3.